The summed E-state index contributed by atoms with van der Waals surface area (Å²) < 4.78 is 10.5. The third kappa shape index (κ3) is 3.71. The Morgan fingerprint density at radius 2 is 2.19 bits per heavy atom. The molecule has 0 spiro atoms. The molecule has 0 radical (unpaired) electrons. The molecule has 0 fully saturated rings. The lowest BCUT2D eigenvalue weighted by molar-refractivity contribution is 0.0955. The molecule has 1 amide bonds. The van der Waals surface area contributed by atoms with Crippen molar-refractivity contribution in [1.82, 2.24) is 5.32 Å². The standard InChI is InChI=1S/C15H15NO3S2/c17-15(12-1-2-13-14(7-12)19-10-18-13)16-4-6-21-9-11-3-5-20-8-11/h1-3,5,7-8H,4,6,9-10H2,(H,16,17). The average molecular weight is 321 g/mol. The average Bonchev–Trinajstić information content (AvgIpc) is 3.17. The Balaban J connectivity index is 1.42. The molecule has 0 atom stereocenters. The smallest absolute Gasteiger partial charge is 0.251 e. The van der Waals surface area contributed by atoms with Gasteiger partial charge in [-0.2, -0.15) is 23.1 Å². The Morgan fingerprint density at radius 1 is 1.29 bits per heavy atom. The summed E-state index contributed by atoms with van der Waals surface area (Å²) in [5.74, 6) is 3.13. The molecular formula is C15H15NO3S2. The predicted molar refractivity (Wildman–Crippen MR) is 85.4 cm³/mol. The lowest BCUT2D eigenvalue weighted by Crippen LogP contribution is -2.25. The van der Waals surface area contributed by atoms with E-state index in [2.05, 4.69) is 22.1 Å². The Labute approximate surface area is 131 Å². The Morgan fingerprint density at radius 3 is 3.05 bits per heavy atom. The number of hydrogen-bond acceptors (Lipinski definition) is 5. The first-order valence-electron chi connectivity index (χ1n) is 6.59. The molecule has 0 saturated heterocycles. The number of ether oxygens (including phenoxy) is 2. The molecule has 1 aliphatic rings. The summed E-state index contributed by atoms with van der Waals surface area (Å²) in [4.78, 5) is 12.0. The van der Waals surface area contributed by atoms with Gasteiger partial charge in [0.2, 0.25) is 6.79 Å². The van der Waals surface area contributed by atoms with Gasteiger partial charge in [-0.05, 0) is 40.6 Å². The predicted octanol–water partition coefficient (Wildman–Crippen LogP) is 3.14. The molecule has 21 heavy (non-hydrogen) atoms. The van der Waals surface area contributed by atoms with Crippen molar-refractivity contribution in [3.8, 4) is 11.5 Å². The number of thioether (sulfide) groups is 1. The van der Waals surface area contributed by atoms with Crippen LogP contribution in [0.15, 0.2) is 35.0 Å². The fourth-order valence-electron chi connectivity index (χ4n) is 1.94. The number of carbonyl (C=O) groups is 1. The lowest BCUT2D eigenvalue weighted by atomic mass is 10.2. The summed E-state index contributed by atoms with van der Waals surface area (Å²) in [6, 6.07) is 7.36. The van der Waals surface area contributed by atoms with Crippen LogP contribution in [0.2, 0.25) is 0 Å². The van der Waals surface area contributed by atoms with Gasteiger partial charge >= 0.3 is 0 Å². The molecule has 3 rings (SSSR count). The van der Waals surface area contributed by atoms with Crippen LogP contribution in [0.1, 0.15) is 15.9 Å². The van der Waals surface area contributed by atoms with Crippen molar-refractivity contribution in [2.75, 3.05) is 19.1 Å². The van der Waals surface area contributed by atoms with Crippen molar-refractivity contribution in [2.45, 2.75) is 5.75 Å². The molecule has 0 bridgehead atoms. The maximum atomic E-state index is 12.0. The molecule has 0 unspecified atom stereocenters. The van der Waals surface area contributed by atoms with Crippen molar-refractivity contribution >= 4 is 29.0 Å². The van der Waals surface area contributed by atoms with Crippen LogP contribution in [0, 0.1) is 0 Å². The highest BCUT2D eigenvalue weighted by Crippen LogP contribution is 2.32. The second-order valence-corrected chi connectivity index (χ2v) is 6.39. The molecule has 0 aliphatic carbocycles. The largest absolute Gasteiger partial charge is 0.454 e. The molecule has 6 heteroatoms. The fourth-order valence-corrected chi connectivity index (χ4v) is 3.52. The van der Waals surface area contributed by atoms with Crippen LogP contribution >= 0.6 is 23.1 Å². The van der Waals surface area contributed by atoms with E-state index in [1.54, 1.807) is 29.5 Å². The zero-order valence-electron chi connectivity index (χ0n) is 11.3. The van der Waals surface area contributed by atoms with E-state index in [0.717, 1.165) is 11.5 Å². The molecule has 1 aromatic heterocycles. The van der Waals surface area contributed by atoms with Crippen LogP contribution in [-0.4, -0.2) is 25.0 Å². The molecule has 2 aromatic rings. The van der Waals surface area contributed by atoms with Gasteiger partial charge in [-0.15, -0.1) is 0 Å². The highest BCUT2D eigenvalue weighted by Gasteiger charge is 2.15. The molecule has 0 saturated carbocycles. The summed E-state index contributed by atoms with van der Waals surface area (Å²) in [5.41, 5.74) is 1.94. The zero-order valence-corrected chi connectivity index (χ0v) is 13.0. The normalized spacial score (nSPS) is 12.4. The summed E-state index contributed by atoms with van der Waals surface area (Å²) in [6.45, 7) is 0.877. The van der Waals surface area contributed by atoms with E-state index in [9.17, 15) is 4.79 Å². The van der Waals surface area contributed by atoms with Gasteiger partial charge in [-0.25, -0.2) is 0 Å². The monoisotopic (exact) mass is 321 g/mol. The first-order valence-corrected chi connectivity index (χ1v) is 8.69. The highest BCUT2D eigenvalue weighted by atomic mass is 32.2. The molecule has 1 N–H and O–H groups in total. The topological polar surface area (TPSA) is 47.6 Å². The summed E-state index contributed by atoms with van der Waals surface area (Å²) in [5, 5.41) is 7.15. The summed E-state index contributed by atoms with van der Waals surface area (Å²) in [6.07, 6.45) is 0. The quantitative estimate of drug-likeness (QED) is 0.830. The van der Waals surface area contributed by atoms with Crippen LogP contribution in [0.4, 0.5) is 0 Å². The molecule has 4 nitrogen and oxygen atoms in total. The number of rotatable bonds is 6. The van der Waals surface area contributed by atoms with E-state index < -0.39 is 0 Å². The van der Waals surface area contributed by atoms with Gasteiger partial charge in [-0.1, -0.05) is 0 Å². The molecular weight excluding hydrogens is 306 g/mol. The second-order valence-electron chi connectivity index (χ2n) is 4.51. The number of amides is 1. The Bertz CT molecular complexity index is 613. The SMILES string of the molecule is O=C(NCCSCc1ccsc1)c1ccc2c(c1)OCO2. The number of thiophene rings is 1. The number of carbonyl (C=O) groups excluding carboxylic acids is 1. The first kappa shape index (κ1) is 14.3. The van der Waals surface area contributed by atoms with Gasteiger partial charge in [0.1, 0.15) is 0 Å². The molecule has 110 valence electrons. The van der Waals surface area contributed by atoms with Gasteiger partial charge in [-0.3, -0.25) is 4.79 Å². The highest BCUT2D eigenvalue weighted by molar-refractivity contribution is 7.98. The maximum Gasteiger partial charge on any atom is 0.251 e. The third-order valence-electron chi connectivity index (χ3n) is 3.02. The van der Waals surface area contributed by atoms with E-state index >= 15 is 0 Å². The summed E-state index contributed by atoms with van der Waals surface area (Å²) >= 11 is 3.53. The molecule has 1 aromatic carbocycles. The van der Waals surface area contributed by atoms with Crippen molar-refractivity contribution in [3.63, 3.8) is 0 Å². The molecule has 1 aliphatic heterocycles. The minimum absolute atomic E-state index is 0.0792. The van der Waals surface area contributed by atoms with Crippen LogP contribution in [0.25, 0.3) is 0 Å². The number of fused-ring (bicyclic) bond motifs is 1. The zero-order chi connectivity index (χ0) is 14.5. The van der Waals surface area contributed by atoms with Gasteiger partial charge in [0.25, 0.3) is 5.91 Å². The van der Waals surface area contributed by atoms with Crippen LogP contribution in [0.5, 0.6) is 11.5 Å². The second kappa shape index (κ2) is 6.87. The van der Waals surface area contributed by atoms with E-state index in [1.165, 1.54) is 5.56 Å². The van der Waals surface area contributed by atoms with Crippen LogP contribution in [0.3, 0.4) is 0 Å². The van der Waals surface area contributed by atoms with E-state index in [4.69, 9.17) is 9.47 Å². The Hall–Kier alpha value is -1.66. The minimum Gasteiger partial charge on any atom is -0.454 e. The van der Waals surface area contributed by atoms with Crippen LogP contribution < -0.4 is 14.8 Å². The van der Waals surface area contributed by atoms with Crippen molar-refractivity contribution < 1.29 is 14.3 Å². The van der Waals surface area contributed by atoms with Gasteiger partial charge < -0.3 is 14.8 Å². The third-order valence-corrected chi connectivity index (χ3v) is 4.78. The maximum absolute atomic E-state index is 12.0. The van der Waals surface area contributed by atoms with E-state index in [-0.39, 0.29) is 12.7 Å². The lowest BCUT2D eigenvalue weighted by Gasteiger charge is -2.05. The fraction of sp³-hybridized carbons (Fsp3) is 0.267. The summed E-state index contributed by atoms with van der Waals surface area (Å²) in [7, 11) is 0. The van der Waals surface area contributed by atoms with Crippen molar-refractivity contribution in [1.29, 1.82) is 0 Å². The van der Waals surface area contributed by atoms with Crippen LogP contribution in [-0.2, 0) is 5.75 Å². The van der Waals surface area contributed by atoms with Gasteiger partial charge in [0.15, 0.2) is 11.5 Å². The number of benzene rings is 1. The van der Waals surface area contributed by atoms with E-state index in [0.29, 0.717) is 23.6 Å². The Kier molecular flexibility index (Phi) is 4.67. The van der Waals surface area contributed by atoms with E-state index in [1.807, 2.05) is 11.8 Å². The first-order chi connectivity index (χ1) is 10.3. The van der Waals surface area contributed by atoms with Gasteiger partial charge in [0.05, 0.1) is 0 Å². The van der Waals surface area contributed by atoms with Gasteiger partial charge in [0, 0.05) is 23.6 Å². The number of hydrogen-bond donors (Lipinski definition) is 1. The van der Waals surface area contributed by atoms with Crippen molar-refractivity contribution in [2.24, 2.45) is 0 Å². The number of nitrogens with one attached hydrogen (secondary N) is 1. The minimum atomic E-state index is -0.0792. The van der Waals surface area contributed by atoms with Crippen molar-refractivity contribution in [3.05, 3.63) is 46.2 Å². The molecule has 2 heterocycles.